The number of aryl methyl sites for hydroxylation is 2. The van der Waals surface area contributed by atoms with Crippen molar-refractivity contribution in [1.82, 2.24) is 0 Å². The second-order valence-electron chi connectivity index (χ2n) is 4.87. The van der Waals surface area contributed by atoms with Gasteiger partial charge in [-0.25, -0.2) is 0 Å². The predicted octanol–water partition coefficient (Wildman–Crippen LogP) is 2.52. The lowest BCUT2D eigenvalue weighted by atomic mass is 9.87. The minimum absolute atomic E-state index is 0.00162. The smallest absolute Gasteiger partial charge is 0.159 e. The molecule has 0 aliphatic carbocycles. The van der Waals surface area contributed by atoms with E-state index in [0.29, 0.717) is 13.2 Å². The number of Topliss-reactive ketones (excluding diaryl/α,β-unsaturated/α-hetero) is 1. The van der Waals surface area contributed by atoms with Gasteiger partial charge >= 0.3 is 0 Å². The van der Waals surface area contributed by atoms with Crippen molar-refractivity contribution < 1.29 is 9.53 Å². The maximum atomic E-state index is 12.3. The maximum absolute atomic E-state index is 12.3. The molecule has 0 radical (unpaired) electrons. The summed E-state index contributed by atoms with van der Waals surface area (Å²) < 4.78 is 5.22. The van der Waals surface area contributed by atoms with E-state index in [4.69, 9.17) is 4.74 Å². The number of benzene rings is 1. The summed E-state index contributed by atoms with van der Waals surface area (Å²) in [6.45, 7) is 5.10. The van der Waals surface area contributed by atoms with Crippen LogP contribution >= 0.6 is 0 Å². The highest BCUT2D eigenvalue weighted by Crippen LogP contribution is 2.26. The summed E-state index contributed by atoms with van der Waals surface area (Å²) in [5.41, 5.74) is 3.09. The van der Waals surface area contributed by atoms with Gasteiger partial charge in [0, 0.05) is 12.5 Å². The number of ether oxygens (including phenoxy) is 1. The fraction of sp³-hybridized carbons (Fsp3) is 0.467. The lowest BCUT2D eigenvalue weighted by Crippen LogP contribution is -2.21. The van der Waals surface area contributed by atoms with Crippen LogP contribution in [0.1, 0.15) is 29.0 Å². The number of nitrogens with zero attached hydrogens (tertiary/aromatic N) is 1. The molecule has 0 saturated carbocycles. The number of carbonyl (C=O) groups excluding carboxylic acids is 1. The molecule has 2 atom stereocenters. The Labute approximate surface area is 107 Å². The van der Waals surface area contributed by atoms with E-state index in [-0.39, 0.29) is 11.7 Å². The summed E-state index contributed by atoms with van der Waals surface area (Å²) in [4.78, 5) is 12.3. The summed E-state index contributed by atoms with van der Waals surface area (Å²) >= 11 is 0. The van der Waals surface area contributed by atoms with Crippen LogP contribution in [-0.2, 0) is 9.53 Å². The predicted molar refractivity (Wildman–Crippen MR) is 68.2 cm³/mol. The molecule has 2 rings (SSSR count). The molecule has 0 amide bonds. The largest absolute Gasteiger partial charge is 0.381 e. The summed E-state index contributed by atoms with van der Waals surface area (Å²) in [6, 6.07) is 7.92. The van der Waals surface area contributed by atoms with Crippen LogP contribution in [0.25, 0.3) is 0 Å². The van der Waals surface area contributed by atoms with Crippen LogP contribution in [-0.4, -0.2) is 19.0 Å². The normalized spacial score (nSPS) is 20.4. The van der Waals surface area contributed by atoms with Crippen LogP contribution in [0, 0.1) is 31.1 Å². The van der Waals surface area contributed by atoms with Gasteiger partial charge in [0.15, 0.2) is 5.78 Å². The molecule has 1 fully saturated rings. The molecule has 3 nitrogen and oxygen atoms in total. The van der Waals surface area contributed by atoms with Crippen LogP contribution < -0.4 is 0 Å². The highest BCUT2D eigenvalue weighted by molar-refractivity contribution is 5.90. The van der Waals surface area contributed by atoms with Crippen molar-refractivity contribution in [2.75, 3.05) is 13.2 Å². The standard InChI is InChI=1S/C15H17NO2/c1-10-3-4-12(7-11(10)2)14(8-16)15(17)13-5-6-18-9-13/h3-4,7,13-14H,5-6,9H2,1-2H3. The number of rotatable bonds is 3. The van der Waals surface area contributed by atoms with Gasteiger partial charge in [-0.1, -0.05) is 18.2 Å². The number of nitriles is 1. The van der Waals surface area contributed by atoms with Gasteiger partial charge in [-0.15, -0.1) is 0 Å². The molecule has 18 heavy (non-hydrogen) atoms. The highest BCUT2D eigenvalue weighted by Gasteiger charge is 2.31. The van der Waals surface area contributed by atoms with Gasteiger partial charge in [-0.3, -0.25) is 4.79 Å². The molecule has 2 unspecified atom stereocenters. The molecular weight excluding hydrogens is 226 g/mol. The molecule has 0 aromatic heterocycles. The van der Waals surface area contributed by atoms with Crippen molar-refractivity contribution in [3.05, 3.63) is 34.9 Å². The molecule has 1 heterocycles. The molecule has 1 aliphatic heterocycles. The average Bonchev–Trinajstić information content (AvgIpc) is 2.88. The van der Waals surface area contributed by atoms with E-state index >= 15 is 0 Å². The molecule has 0 N–H and O–H groups in total. The second-order valence-corrected chi connectivity index (χ2v) is 4.87. The van der Waals surface area contributed by atoms with Crippen molar-refractivity contribution in [2.45, 2.75) is 26.2 Å². The van der Waals surface area contributed by atoms with Crippen LogP contribution in [0.3, 0.4) is 0 Å². The Balaban J connectivity index is 2.25. The average molecular weight is 243 g/mol. The zero-order valence-electron chi connectivity index (χ0n) is 10.8. The zero-order chi connectivity index (χ0) is 13.1. The maximum Gasteiger partial charge on any atom is 0.159 e. The Morgan fingerprint density at radius 2 is 2.22 bits per heavy atom. The van der Waals surface area contributed by atoms with Gasteiger partial charge in [0.25, 0.3) is 0 Å². The number of hydrogen-bond donors (Lipinski definition) is 0. The van der Waals surface area contributed by atoms with E-state index < -0.39 is 5.92 Å². The molecule has 0 spiro atoms. The first-order valence-corrected chi connectivity index (χ1v) is 6.21. The minimum Gasteiger partial charge on any atom is -0.381 e. The lowest BCUT2D eigenvalue weighted by molar-refractivity contribution is -0.123. The number of ketones is 1. The van der Waals surface area contributed by atoms with Gasteiger partial charge in [0.1, 0.15) is 5.92 Å². The first kappa shape index (κ1) is 12.8. The molecule has 3 heteroatoms. The van der Waals surface area contributed by atoms with E-state index in [9.17, 15) is 10.1 Å². The Hall–Kier alpha value is -1.66. The Kier molecular flexibility index (Phi) is 3.78. The monoisotopic (exact) mass is 243 g/mol. The van der Waals surface area contributed by atoms with Crippen molar-refractivity contribution in [1.29, 1.82) is 5.26 Å². The van der Waals surface area contributed by atoms with Gasteiger partial charge in [-0.05, 0) is 37.0 Å². The van der Waals surface area contributed by atoms with Gasteiger partial charge in [0.05, 0.1) is 12.7 Å². The quantitative estimate of drug-likeness (QED) is 0.819. The van der Waals surface area contributed by atoms with E-state index in [2.05, 4.69) is 6.07 Å². The van der Waals surface area contributed by atoms with E-state index in [1.54, 1.807) is 0 Å². The summed E-state index contributed by atoms with van der Waals surface area (Å²) in [5.74, 6) is -0.773. The van der Waals surface area contributed by atoms with Gasteiger partial charge in [0.2, 0.25) is 0 Å². The molecule has 1 aromatic rings. The van der Waals surface area contributed by atoms with E-state index in [0.717, 1.165) is 17.5 Å². The number of carbonyl (C=O) groups is 1. The highest BCUT2D eigenvalue weighted by atomic mass is 16.5. The molecular formula is C15H17NO2. The lowest BCUT2D eigenvalue weighted by Gasteiger charge is -2.13. The van der Waals surface area contributed by atoms with E-state index in [1.165, 1.54) is 5.56 Å². The SMILES string of the molecule is Cc1ccc(C(C#N)C(=O)C2CCOC2)cc1C. The Morgan fingerprint density at radius 3 is 2.78 bits per heavy atom. The molecule has 0 bridgehead atoms. The zero-order valence-corrected chi connectivity index (χ0v) is 10.8. The van der Waals surface area contributed by atoms with Gasteiger partial charge < -0.3 is 4.74 Å². The third-order valence-electron chi connectivity index (χ3n) is 3.61. The molecule has 1 saturated heterocycles. The van der Waals surface area contributed by atoms with Crippen molar-refractivity contribution in [2.24, 2.45) is 5.92 Å². The van der Waals surface area contributed by atoms with Crippen LogP contribution in [0.4, 0.5) is 0 Å². The third-order valence-corrected chi connectivity index (χ3v) is 3.61. The Morgan fingerprint density at radius 1 is 1.44 bits per heavy atom. The van der Waals surface area contributed by atoms with Crippen molar-refractivity contribution >= 4 is 5.78 Å². The van der Waals surface area contributed by atoms with Crippen molar-refractivity contribution in [3.63, 3.8) is 0 Å². The summed E-state index contributed by atoms with van der Waals surface area (Å²) in [5, 5.41) is 9.26. The first-order valence-electron chi connectivity index (χ1n) is 6.21. The van der Waals surface area contributed by atoms with Crippen LogP contribution in [0.5, 0.6) is 0 Å². The Bertz CT molecular complexity index is 496. The second kappa shape index (κ2) is 5.32. The van der Waals surface area contributed by atoms with E-state index in [1.807, 2.05) is 32.0 Å². The first-order chi connectivity index (χ1) is 8.63. The third kappa shape index (κ3) is 2.44. The number of hydrogen-bond acceptors (Lipinski definition) is 3. The van der Waals surface area contributed by atoms with Crippen LogP contribution in [0.15, 0.2) is 18.2 Å². The molecule has 1 aliphatic rings. The summed E-state index contributed by atoms with van der Waals surface area (Å²) in [7, 11) is 0. The minimum atomic E-state index is -0.656. The topological polar surface area (TPSA) is 50.1 Å². The summed E-state index contributed by atoms with van der Waals surface area (Å²) in [6.07, 6.45) is 0.738. The molecule has 94 valence electrons. The molecule has 1 aromatic carbocycles. The fourth-order valence-electron chi connectivity index (χ4n) is 2.24. The van der Waals surface area contributed by atoms with Gasteiger partial charge in [-0.2, -0.15) is 5.26 Å². The van der Waals surface area contributed by atoms with Crippen LogP contribution in [0.2, 0.25) is 0 Å². The fourth-order valence-corrected chi connectivity index (χ4v) is 2.24. The van der Waals surface area contributed by atoms with Crippen molar-refractivity contribution in [3.8, 4) is 6.07 Å².